The van der Waals surface area contributed by atoms with E-state index in [0.717, 1.165) is 5.56 Å². The zero-order valence-corrected chi connectivity index (χ0v) is 23.0. The van der Waals surface area contributed by atoms with E-state index < -0.39 is 34.7 Å². The van der Waals surface area contributed by atoms with Gasteiger partial charge in [-0.25, -0.2) is 4.79 Å². The van der Waals surface area contributed by atoms with Crippen molar-refractivity contribution in [3.8, 4) is 0 Å². The zero-order chi connectivity index (χ0) is 27.6. The fourth-order valence-corrected chi connectivity index (χ4v) is 5.98. The molecule has 8 nitrogen and oxygen atoms in total. The smallest absolute Gasteiger partial charge is 0.405 e. The number of nitrogens with zero attached hydrogens (tertiary/aromatic N) is 1. The Labute approximate surface area is 224 Å². The van der Waals surface area contributed by atoms with Crippen molar-refractivity contribution in [1.82, 2.24) is 10.2 Å². The van der Waals surface area contributed by atoms with Crippen LogP contribution in [-0.2, 0) is 19.9 Å². The average molecular weight is 534 g/mol. The van der Waals surface area contributed by atoms with Gasteiger partial charge in [0.15, 0.2) is 0 Å². The third-order valence-electron chi connectivity index (χ3n) is 8.36. The van der Waals surface area contributed by atoms with Gasteiger partial charge in [0.05, 0.1) is 11.5 Å². The second-order valence-corrected chi connectivity index (χ2v) is 11.8. The number of rotatable bonds is 8. The lowest BCUT2D eigenvalue weighted by Gasteiger charge is -2.51. The van der Waals surface area contributed by atoms with Crippen LogP contribution in [0.25, 0.3) is 0 Å². The van der Waals surface area contributed by atoms with E-state index in [1.54, 1.807) is 23.1 Å². The number of aliphatic hydroxyl groups is 1. The molecule has 4 N–H and O–H groups in total. The molecule has 1 aromatic rings. The van der Waals surface area contributed by atoms with Gasteiger partial charge in [0.25, 0.3) is 0 Å². The van der Waals surface area contributed by atoms with Crippen molar-refractivity contribution in [2.75, 3.05) is 13.1 Å². The summed E-state index contributed by atoms with van der Waals surface area (Å²) in [5.74, 6) is -1.03. The lowest BCUT2D eigenvalue weighted by atomic mass is 9.66. The summed E-state index contributed by atoms with van der Waals surface area (Å²) in [5.41, 5.74) is 3.54. The van der Waals surface area contributed by atoms with Crippen molar-refractivity contribution in [2.24, 2.45) is 23.0 Å². The summed E-state index contributed by atoms with van der Waals surface area (Å²) in [6.45, 7) is 12.1. The number of amides is 3. The predicted molar refractivity (Wildman–Crippen MR) is 143 cm³/mol. The SMILES string of the molecule is C=CCC1(OC(N)=O)CCC(C(=O)NC(C)[C@@H](C)C(=O)N2CC[C@](O)(c3ccc(Cl)cc3)C(C)(C)C2)C1. The summed E-state index contributed by atoms with van der Waals surface area (Å²) in [6, 6.07) is 6.81. The molecule has 5 atom stereocenters. The van der Waals surface area contributed by atoms with E-state index in [9.17, 15) is 19.5 Å². The minimum absolute atomic E-state index is 0.0662. The van der Waals surface area contributed by atoms with Crippen molar-refractivity contribution in [2.45, 2.75) is 77.0 Å². The highest BCUT2D eigenvalue weighted by molar-refractivity contribution is 6.30. The van der Waals surface area contributed by atoms with E-state index in [-0.39, 0.29) is 17.7 Å². The van der Waals surface area contributed by atoms with E-state index in [2.05, 4.69) is 11.9 Å². The van der Waals surface area contributed by atoms with Gasteiger partial charge in [-0.1, -0.05) is 50.6 Å². The van der Waals surface area contributed by atoms with Gasteiger partial charge < -0.3 is 25.8 Å². The van der Waals surface area contributed by atoms with Crippen LogP contribution in [0.2, 0.25) is 5.02 Å². The molecule has 0 aromatic heterocycles. The topological polar surface area (TPSA) is 122 Å². The Morgan fingerprint density at radius 3 is 2.49 bits per heavy atom. The molecule has 1 aromatic carbocycles. The van der Waals surface area contributed by atoms with Crippen LogP contribution in [0, 0.1) is 17.3 Å². The fourth-order valence-electron chi connectivity index (χ4n) is 5.85. The Hall–Kier alpha value is -2.58. The number of halogens is 1. The molecule has 3 unspecified atom stereocenters. The summed E-state index contributed by atoms with van der Waals surface area (Å²) in [5, 5.41) is 15.2. The van der Waals surface area contributed by atoms with Crippen molar-refractivity contribution < 1.29 is 24.2 Å². The molecule has 1 saturated carbocycles. The van der Waals surface area contributed by atoms with Crippen molar-refractivity contribution in [3.63, 3.8) is 0 Å². The van der Waals surface area contributed by atoms with Gasteiger partial charge in [-0.3, -0.25) is 9.59 Å². The standard InChI is InChI=1S/C28H40ClN3O5/c1-6-12-27(37-25(30)35)13-11-20(16-27)23(33)31-19(3)18(2)24(34)32-15-14-28(36,26(4,5)17-32)21-7-9-22(29)10-8-21/h6-10,18-20,36H,1,11-17H2,2-5H3,(H2,30,35)(H,31,33)/t18-,19?,20?,27?,28+/m1/s1. The molecular weight excluding hydrogens is 494 g/mol. The Kier molecular flexibility index (Phi) is 8.64. The molecule has 204 valence electrons. The van der Waals surface area contributed by atoms with Gasteiger partial charge in [0.2, 0.25) is 11.8 Å². The fraction of sp³-hybridized carbons (Fsp3) is 0.607. The van der Waals surface area contributed by atoms with E-state index in [1.807, 2.05) is 39.8 Å². The molecule has 2 aliphatic rings. The molecule has 1 aliphatic carbocycles. The third-order valence-corrected chi connectivity index (χ3v) is 8.62. The number of carbonyl (C=O) groups is 3. The van der Waals surface area contributed by atoms with Crippen molar-refractivity contribution >= 4 is 29.5 Å². The van der Waals surface area contributed by atoms with Crippen LogP contribution in [0.15, 0.2) is 36.9 Å². The molecule has 1 aliphatic heterocycles. The van der Waals surface area contributed by atoms with E-state index in [0.29, 0.717) is 50.2 Å². The maximum atomic E-state index is 13.4. The summed E-state index contributed by atoms with van der Waals surface area (Å²) >= 11 is 6.03. The molecule has 1 saturated heterocycles. The van der Waals surface area contributed by atoms with E-state index in [1.165, 1.54) is 0 Å². The predicted octanol–water partition coefficient (Wildman–Crippen LogP) is 4.14. The first kappa shape index (κ1) is 29.0. The normalized spacial score (nSPS) is 28.7. The van der Waals surface area contributed by atoms with Crippen LogP contribution >= 0.6 is 11.6 Å². The molecule has 3 rings (SSSR count). The third kappa shape index (κ3) is 6.12. The number of nitrogens with two attached hydrogens (primary N) is 1. The van der Waals surface area contributed by atoms with Crippen LogP contribution in [0.4, 0.5) is 4.79 Å². The van der Waals surface area contributed by atoms with Crippen LogP contribution in [0.1, 0.15) is 65.4 Å². The maximum absolute atomic E-state index is 13.4. The van der Waals surface area contributed by atoms with Gasteiger partial charge in [-0.2, -0.15) is 0 Å². The number of nitrogens with one attached hydrogen (secondary N) is 1. The highest BCUT2D eigenvalue weighted by Gasteiger charge is 2.50. The van der Waals surface area contributed by atoms with Crippen molar-refractivity contribution in [1.29, 1.82) is 0 Å². The molecule has 37 heavy (non-hydrogen) atoms. The quantitative estimate of drug-likeness (QED) is 0.433. The first-order valence-electron chi connectivity index (χ1n) is 12.9. The monoisotopic (exact) mass is 533 g/mol. The summed E-state index contributed by atoms with van der Waals surface area (Å²) in [4.78, 5) is 39.6. The molecule has 0 radical (unpaired) electrons. The number of ether oxygens (including phenoxy) is 1. The van der Waals surface area contributed by atoms with E-state index in [4.69, 9.17) is 22.1 Å². The second kappa shape index (κ2) is 11.0. The van der Waals surface area contributed by atoms with Gasteiger partial charge in [0, 0.05) is 41.9 Å². The van der Waals surface area contributed by atoms with Crippen LogP contribution < -0.4 is 11.1 Å². The second-order valence-electron chi connectivity index (χ2n) is 11.4. The molecular formula is C28H40ClN3O5. The minimum Gasteiger partial charge on any atom is -0.443 e. The van der Waals surface area contributed by atoms with Crippen LogP contribution in [-0.4, -0.2) is 52.6 Å². The Morgan fingerprint density at radius 2 is 1.92 bits per heavy atom. The largest absolute Gasteiger partial charge is 0.443 e. The summed E-state index contributed by atoms with van der Waals surface area (Å²) in [6.07, 6.45) is 3.09. The highest BCUT2D eigenvalue weighted by Crippen LogP contribution is 2.46. The Balaban J connectivity index is 1.61. The molecule has 9 heteroatoms. The molecule has 1 heterocycles. The lowest BCUT2D eigenvalue weighted by Crippen LogP contribution is -2.58. The van der Waals surface area contributed by atoms with E-state index >= 15 is 0 Å². The lowest BCUT2D eigenvalue weighted by molar-refractivity contribution is -0.157. The van der Waals surface area contributed by atoms with Gasteiger partial charge in [0.1, 0.15) is 5.60 Å². The first-order chi connectivity index (χ1) is 17.2. The van der Waals surface area contributed by atoms with Crippen LogP contribution in [0.3, 0.4) is 0 Å². The number of primary amides is 1. The van der Waals surface area contributed by atoms with Gasteiger partial charge in [-0.05, 0) is 50.3 Å². The number of likely N-dealkylation sites (tertiary alicyclic amines) is 1. The summed E-state index contributed by atoms with van der Waals surface area (Å²) < 4.78 is 5.36. The number of hydrogen-bond donors (Lipinski definition) is 3. The van der Waals surface area contributed by atoms with Crippen LogP contribution in [0.5, 0.6) is 0 Å². The molecule has 0 bridgehead atoms. The Morgan fingerprint density at radius 1 is 1.27 bits per heavy atom. The number of piperidine rings is 1. The number of carbonyl (C=O) groups excluding carboxylic acids is 3. The average Bonchev–Trinajstić information content (AvgIpc) is 3.23. The maximum Gasteiger partial charge on any atom is 0.405 e. The first-order valence-corrected chi connectivity index (χ1v) is 13.3. The minimum atomic E-state index is -1.09. The van der Waals surface area contributed by atoms with Gasteiger partial charge >= 0.3 is 6.09 Å². The molecule has 0 spiro atoms. The number of benzene rings is 1. The number of hydrogen-bond acceptors (Lipinski definition) is 5. The van der Waals surface area contributed by atoms with Gasteiger partial charge in [-0.15, -0.1) is 6.58 Å². The van der Waals surface area contributed by atoms with Crippen molar-refractivity contribution in [3.05, 3.63) is 47.5 Å². The Bertz CT molecular complexity index is 1030. The summed E-state index contributed by atoms with van der Waals surface area (Å²) in [7, 11) is 0. The molecule has 2 fully saturated rings. The highest BCUT2D eigenvalue weighted by atomic mass is 35.5. The molecule has 3 amide bonds. The zero-order valence-electron chi connectivity index (χ0n) is 22.3.